The SMILES string of the molecule is COC[C@H](NC(=O)c1cc(OC)c(OCc2ccccc2)c(OC)c1)C(=O)NCC1(N(C)C)CCCC1. The zero-order chi connectivity index (χ0) is 26.8. The summed E-state index contributed by atoms with van der Waals surface area (Å²) in [6.07, 6.45) is 4.34. The number of likely N-dealkylation sites (N-methyl/N-ethyl adjacent to an activating group) is 1. The van der Waals surface area contributed by atoms with Gasteiger partial charge in [0.15, 0.2) is 11.5 Å². The zero-order valence-corrected chi connectivity index (χ0v) is 22.5. The molecule has 202 valence electrons. The van der Waals surface area contributed by atoms with E-state index in [4.69, 9.17) is 18.9 Å². The van der Waals surface area contributed by atoms with Gasteiger partial charge in [-0.3, -0.25) is 9.59 Å². The molecule has 1 atom stereocenters. The standard InChI is InChI=1S/C28H39N3O6/c1-31(2)28(13-9-10-14-28)19-29-27(33)22(18-34-3)30-26(32)21-15-23(35-4)25(24(16-21)36-5)37-17-20-11-7-6-8-12-20/h6-8,11-12,15-16,22H,9-10,13-14,17-19H2,1-5H3,(H,29,33)(H,30,32)/t22-/m0/s1. The number of methoxy groups -OCH3 is 3. The third-order valence-electron chi connectivity index (χ3n) is 6.98. The van der Waals surface area contributed by atoms with Crippen LogP contribution in [0.2, 0.25) is 0 Å². The van der Waals surface area contributed by atoms with Crippen LogP contribution in [-0.2, 0) is 16.1 Å². The summed E-state index contributed by atoms with van der Waals surface area (Å²) in [4.78, 5) is 28.4. The van der Waals surface area contributed by atoms with E-state index in [1.54, 1.807) is 12.1 Å². The number of amides is 2. The Kier molecular flexibility index (Phi) is 10.2. The highest BCUT2D eigenvalue weighted by Crippen LogP contribution is 2.39. The van der Waals surface area contributed by atoms with Crippen LogP contribution in [0.25, 0.3) is 0 Å². The van der Waals surface area contributed by atoms with Gasteiger partial charge in [-0.15, -0.1) is 0 Å². The van der Waals surface area contributed by atoms with Crippen LogP contribution < -0.4 is 24.8 Å². The molecule has 3 rings (SSSR count). The van der Waals surface area contributed by atoms with Crippen LogP contribution in [0.3, 0.4) is 0 Å². The van der Waals surface area contributed by atoms with Crippen LogP contribution in [0.15, 0.2) is 42.5 Å². The molecular formula is C28H39N3O6. The Morgan fingerprint density at radius 1 is 1.00 bits per heavy atom. The van der Waals surface area contributed by atoms with Gasteiger partial charge in [-0.2, -0.15) is 0 Å². The van der Waals surface area contributed by atoms with Gasteiger partial charge in [-0.05, 0) is 44.6 Å². The molecule has 0 aromatic heterocycles. The molecule has 9 nitrogen and oxygen atoms in total. The molecule has 0 saturated heterocycles. The minimum absolute atomic E-state index is 0.0408. The molecule has 0 radical (unpaired) electrons. The van der Waals surface area contributed by atoms with Crippen molar-refractivity contribution in [2.75, 3.05) is 48.6 Å². The summed E-state index contributed by atoms with van der Waals surface area (Å²) >= 11 is 0. The molecule has 0 unspecified atom stereocenters. The molecule has 0 aliphatic heterocycles. The van der Waals surface area contributed by atoms with E-state index in [-0.39, 0.29) is 23.6 Å². The second-order valence-electron chi connectivity index (χ2n) is 9.51. The molecule has 0 heterocycles. The number of nitrogens with zero attached hydrogens (tertiary/aromatic N) is 1. The second-order valence-corrected chi connectivity index (χ2v) is 9.51. The van der Waals surface area contributed by atoms with Gasteiger partial charge in [0.05, 0.1) is 20.8 Å². The first-order valence-corrected chi connectivity index (χ1v) is 12.5. The van der Waals surface area contributed by atoms with Gasteiger partial charge in [0.2, 0.25) is 11.7 Å². The predicted molar refractivity (Wildman–Crippen MR) is 141 cm³/mol. The van der Waals surface area contributed by atoms with E-state index >= 15 is 0 Å². The summed E-state index contributed by atoms with van der Waals surface area (Å²) in [5, 5.41) is 5.82. The van der Waals surface area contributed by atoms with Gasteiger partial charge < -0.3 is 34.5 Å². The monoisotopic (exact) mass is 513 g/mol. The summed E-state index contributed by atoms with van der Waals surface area (Å²) in [6.45, 7) is 0.868. The fourth-order valence-corrected chi connectivity index (χ4v) is 4.66. The van der Waals surface area contributed by atoms with Gasteiger partial charge >= 0.3 is 0 Å². The molecule has 0 bridgehead atoms. The van der Waals surface area contributed by atoms with Crippen molar-refractivity contribution in [3.63, 3.8) is 0 Å². The summed E-state index contributed by atoms with van der Waals surface area (Å²) in [5.41, 5.74) is 1.19. The van der Waals surface area contributed by atoms with Crippen molar-refractivity contribution >= 4 is 11.8 Å². The lowest BCUT2D eigenvalue weighted by Gasteiger charge is -2.36. The van der Waals surface area contributed by atoms with Crippen molar-refractivity contribution < 1.29 is 28.5 Å². The van der Waals surface area contributed by atoms with Crippen molar-refractivity contribution in [3.05, 3.63) is 53.6 Å². The maximum atomic E-state index is 13.2. The summed E-state index contributed by atoms with van der Waals surface area (Å²) < 4.78 is 22.2. The fourth-order valence-electron chi connectivity index (χ4n) is 4.66. The lowest BCUT2D eigenvalue weighted by molar-refractivity contribution is -0.124. The van der Waals surface area contributed by atoms with Crippen molar-refractivity contribution in [1.82, 2.24) is 15.5 Å². The average Bonchev–Trinajstić information content (AvgIpc) is 3.41. The van der Waals surface area contributed by atoms with Gasteiger partial charge in [0, 0.05) is 24.8 Å². The van der Waals surface area contributed by atoms with Crippen molar-refractivity contribution in [3.8, 4) is 17.2 Å². The molecule has 1 fully saturated rings. The first-order valence-electron chi connectivity index (χ1n) is 12.5. The Hall–Kier alpha value is -3.30. The van der Waals surface area contributed by atoms with Crippen molar-refractivity contribution in [2.24, 2.45) is 0 Å². The molecule has 1 saturated carbocycles. The number of benzene rings is 2. The summed E-state index contributed by atoms with van der Waals surface area (Å²) in [5.74, 6) is 0.350. The smallest absolute Gasteiger partial charge is 0.252 e. The van der Waals surface area contributed by atoms with E-state index in [0.29, 0.717) is 30.4 Å². The van der Waals surface area contributed by atoms with Gasteiger partial charge in [-0.1, -0.05) is 43.2 Å². The van der Waals surface area contributed by atoms with E-state index in [9.17, 15) is 9.59 Å². The number of hydrogen-bond donors (Lipinski definition) is 2. The molecule has 2 amide bonds. The number of rotatable bonds is 13. The molecule has 2 N–H and O–H groups in total. The zero-order valence-electron chi connectivity index (χ0n) is 22.5. The topological polar surface area (TPSA) is 98.4 Å². The van der Waals surface area contributed by atoms with Gasteiger partial charge in [0.1, 0.15) is 12.6 Å². The van der Waals surface area contributed by atoms with Gasteiger partial charge in [-0.25, -0.2) is 0 Å². The number of carbonyl (C=O) groups excluding carboxylic acids is 2. The maximum Gasteiger partial charge on any atom is 0.252 e. The average molecular weight is 514 g/mol. The predicted octanol–water partition coefficient (Wildman–Crippen LogP) is 3.02. The molecule has 0 spiro atoms. The Labute approximate surface area is 219 Å². The van der Waals surface area contributed by atoms with Crippen LogP contribution in [-0.4, -0.2) is 76.9 Å². The van der Waals surface area contributed by atoms with Crippen LogP contribution >= 0.6 is 0 Å². The fraction of sp³-hybridized carbons (Fsp3) is 0.500. The highest BCUT2D eigenvalue weighted by Gasteiger charge is 2.37. The van der Waals surface area contributed by atoms with E-state index in [0.717, 1.165) is 31.2 Å². The Morgan fingerprint density at radius 3 is 2.16 bits per heavy atom. The quantitative estimate of drug-likeness (QED) is 0.425. The lowest BCUT2D eigenvalue weighted by atomic mass is 9.96. The molecule has 2 aromatic rings. The second kappa shape index (κ2) is 13.3. The first-order chi connectivity index (χ1) is 17.8. The van der Waals surface area contributed by atoms with Crippen molar-refractivity contribution in [1.29, 1.82) is 0 Å². The third kappa shape index (κ3) is 7.14. The summed E-state index contributed by atoms with van der Waals surface area (Å²) in [6, 6.07) is 12.0. The highest BCUT2D eigenvalue weighted by molar-refractivity contribution is 5.98. The van der Waals surface area contributed by atoms with Crippen LogP contribution in [0, 0.1) is 0 Å². The van der Waals surface area contributed by atoms with E-state index in [1.807, 2.05) is 44.4 Å². The van der Waals surface area contributed by atoms with Gasteiger partial charge in [0.25, 0.3) is 5.91 Å². The minimum Gasteiger partial charge on any atom is -0.493 e. The number of nitrogens with one attached hydrogen (secondary N) is 2. The molecule has 2 aromatic carbocycles. The first kappa shape index (κ1) is 28.3. The normalized spacial score (nSPS) is 15.2. The Bertz CT molecular complexity index is 1010. The third-order valence-corrected chi connectivity index (χ3v) is 6.98. The van der Waals surface area contributed by atoms with E-state index in [2.05, 4.69) is 15.5 Å². The molecule has 9 heteroatoms. The van der Waals surface area contributed by atoms with Crippen LogP contribution in [0.5, 0.6) is 17.2 Å². The number of hydrogen-bond acceptors (Lipinski definition) is 7. The lowest BCUT2D eigenvalue weighted by Crippen LogP contribution is -2.55. The number of carbonyl (C=O) groups is 2. The highest BCUT2D eigenvalue weighted by atomic mass is 16.5. The molecule has 37 heavy (non-hydrogen) atoms. The molecule has 1 aliphatic rings. The van der Waals surface area contributed by atoms with E-state index < -0.39 is 11.9 Å². The van der Waals surface area contributed by atoms with Crippen molar-refractivity contribution in [2.45, 2.75) is 43.9 Å². The largest absolute Gasteiger partial charge is 0.493 e. The number of ether oxygens (including phenoxy) is 4. The molecule has 1 aliphatic carbocycles. The maximum absolute atomic E-state index is 13.2. The Balaban J connectivity index is 1.72. The van der Waals surface area contributed by atoms with Crippen LogP contribution in [0.1, 0.15) is 41.6 Å². The van der Waals surface area contributed by atoms with E-state index in [1.165, 1.54) is 21.3 Å². The minimum atomic E-state index is -0.857. The molecular weight excluding hydrogens is 474 g/mol. The van der Waals surface area contributed by atoms with Crippen LogP contribution in [0.4, 0.5) is 0 Å². The Morgan fingerprint density at radius 2 is 1.62 bits per heavy atom. The summed E-state index contributed by atoms with van der Waals surface area (Å²) in [7, 11) is 8.57.